The van der Waals surface area contributed by atoms with Crippen LogP contribution in [0, 0.1) is 0 Å². The Morgan fingerprint density at radius 3 is 2.50 bits per heavy atom. The molecule has 3 heterocycles. The number of rotatable bonds is 5. The van der Waals surface area contributed by atoms with Crippen molar-refractivity contribution in [3.8, 4) is 22.4 Å². The van der Waals surface area contributed by atoms with Crippen molar-refractivity contribution in [1.29, 1.82) is 0 Å². The first-order chi connectivity index (χ1) is 17.1. The molecule has 5 N–H and O–H groups in total. The number of nitrogens with zero attached hydrogens (tertiary/aromatic N) is 2. The number of piperidine rings is 1. The molecule has 0 amide bonds. The van der Waals surface area contributed by atoms with E-state index in [4.69, 9.17) is 5.14 Å². The molecular formula is C24H23F3N6O2S. The van der Waals surface area contributed by atoms with Gasteiger partial charge in [-0.25, -0.2) is 23.5 Å². The number of benzene rings is 2. The highest BCUT2D eigenvalue weighted by Crippen LogP contribution is 2.39. The van der Waals surface area contributed by atoms with Crippen LogP contribution >= 0.6 is 0 Å². The second-order valence-electron chi connectivity index (χ2n) is 8.67. The molecule has 1 atom stereocenters. The van der Waals surface area contributed by atoms with Crippen LogP contribution in [0.25, 0.3) is 33.3 Å². The number of aromatic nitrogens is 3. The number of aromatic amines is 1. The van der Waals surface area contributed by atoms with E-state index in [2.05, 4.69) is 25.6 Å². The molecule has 5 rings (SSSR count). The molecule has 0 bridgehead atoms. The topological polar surface area (TPSA) is 126 Å². The number of nitrogens with one attached hydrogen (secondary N) is 3. The summed E-state index contributed by atoms with van der Waals surface area (Å²) < 4.78 is 64.6. The molecule has 0 aliphatic carbocycles. The zero-order valence-corrected chi connectivity index (χ0v) is 19.7. The van der Waals surface area contributed by atoms with Gasteiger partial charge in [-0.3, -0.25) is 0 Å². The molecule has 1 saturated heterocycles. The fourth-order valence-corrected chi connectivity index (χ4v) is 4.88. The van der Waals surface area contributed by atoms with Crippen LogP contribution in [0.4, 0.5) is 19.1 Å². The van der Waals surface area contributed by atoms with Crippen LogP contribution in [0.2, 0.25) is 0 Å². The number of hydrogen-bond acceptors (Lipinski definition) is 6. The van der Waals surface area contributed by atoms with Crippen molar-refractivity contribution in [2.75, 3.05) is 18.4 Å². The summed E-state index contributed by atoms with van der Waals surface area (Å²) in [5.41, 5.74) is 1.27. The van der Waals surface area contributed by atoms with Crippen molar-refractivity contribution in [3.63, 3.8) is 0 Å². The summed E-state index contributed by atoms with van der Waals surface area (Å²) in [6.45, 7) is 1.60. The summed E-state index contributed by atoms with van der Waals surface area (Å²) >= 11 is 0. The van der Waals surface area contributed by atoms with E-state index < -0.39 is 21.8 Å². The highest BCUT2D eigenvalue weighted by molar-refractivity contribution is 7.89. The predicted octanol–water partition coefficient (Wildman–Crippen LogP) is 4.12. The average molecular weight is 517 g/mol. The van der Waals surface area contributed by atoms with Gasteiger partial charge in [-0.15, -0.1) is 0 Å². The molecule has 188 valence electrons. The van der Waals surface area contributed by atoms with Gasteiger partial charge in [-0.1, -0.05) is 24.3 Å². The summed E-state index contributed by atoms with van der Waals surface area (Å²) in [5.74, 6) is 0.146. The zero-order valence-electron chi connectivity index (χ0n) is 18.9. The van der Waals surface area contributed by atoms with Crippen LogP contribution in [0.3, 0.4) is 0 Å². The van der Waals surface area contributed by atoms with E-state index in [1.165, 1.54) is 18.3 Å². The Bertz CT molecular complexity index is 1510. The molecule has 1 aliphatic rings. The maximum atomic E-state index is 13.9. The summed E-state index contributed by atoms with van der Waals surface area (Å²) in [6.07, 6.45) is -0.473. The van der Waals surface area contributed by atoms with Crippen molar-refractivity contribution < 1.29 is 21.6 Å². The number of fused-ring (bicyclic) bond motifs is 1. The zero-order chi connectivity index (χ0) is 25.5. The highest BCUT2D eigenvalue weighted by Gasteiger charge is 2.36. The van der Waals surface area contributed by atoms with Gasteiger partial charge in [0.25, 0.3) is 0 Å². The van der Waals surface area contributed by atoms with E-state index in [1.54, 1.807) is 30.3 Å². The quantitative estimate of drug-likeness (QED) is 0.316. The number of alkyl halides is 3. The second kappa shape index (κ2) is 9.19. The molecule has 2 aromatic heterocycles. The molecule has 1 aliphatic heterocycles. The monoisotopic (exact) mass is 516 g/mol. The van der Waals surface area contributed by atoms with Gasteiger partial charge in [-0.2, -0.15) is 13.2 Å². The Hall–Kier alpha value is -3.48. The molecule has 8 nitrogen and oxygen atoms in total. The molecule has 1 fully saturated rings. The van der Waals surface area contributed by atoms with Crippen molar-refractivity contribution in [2.24, 2.45) is 5.14 Å². The SMILES string of the molecule is NS(=O)(=O)c1ccc(-c2ccc3c(-c4nc(N[C@H]5CCCNC5)ncc4C(F)(F)F)c[nH]c3c2)cc1. The maximum Gasteiger partial charge on any atom is 0.419 e. The van der Waals surface area contributed by atoms with Crippen LogP contribution in [-0.2, 0) is 16.2 Å². The maximum absolute atomic E-state index is 13.9. The van der Waals surface area contributed by atoms with Crippen LogP contribution in [-0.4, -0.2) is 42.5 Å². The number of primary sulfonamides is 1. The Labute approximate surface area is 205 Å². The van der Waals surface area contributed by atoms with Gasteiger partial charge < -0.3 is 15.6 Å². The summed E-state index contributed by atoms with van der Waals surface area (Å²) in [6, 6.07) is 11.3. The smallest absolute Gasteiger partial charge is 0.360 e. The average Bonchev–Trinajstić information content (AvgIpc) is 3.27. The Balaban J connectivity index is 1.53. The van der Waals surface area contributed by atoms with Crippen LogP contribution in [0.1, 0.15) is 18.4 Å². The molecule has 36 heavy (non-hydrogen) atoms. The first-order valence-corrected chi connectivity index (χ1v) is 12.8. The van der Waals surface area contributed by atoms with Crippen LogP contribution in [0.15, 0.2) is 59.8 Å². The second-order valence-corrected chi connectivity index (χ2v) is 10.2. The lowest BCUT2D eigenvalue weighted by molar-refractivity contribution is -0.137. The number of anilines is 1. The normalized spacial score (nSPS) is 16.8. The third kappa shape index (κ3) is 4.92. The molecule has 0 saturated carbocycles. The number of nitrogens with two attached hydrogens (primary N) is 1. The van der Waals surface area contributed by atoms with E-state index in [9.17, 15) is 21.6 Å². The van der Waals surface area contributed by atoms with E-state index in [-0.39, 0.29) is 22.6 Å². The number of halogens is 3. The number of H-pyrrole nitrogens is 1. The fourth-order valence-electron chi connectivity index (χ4n) is 4.36. The third-order valence-corrected chi connectivity index (χ3v) is 7.11. The lowest BCUT2D eigenvalue weighted by Crippen LogP contribution is -2.38. The molecular weight excluding hydrogens is 493 g/mol. The van der Waals surface area contributed by atoms with Gasteiger partial charge in [-0.05, 0) is 48.7 Å². The van der Waals surface area contributed by atoms with E-state index in [1.807, 2.05) is 0 Å². The minimum absolute atomic E-state index is 0.00801. The lowest BCUT2D eigenvalue weighted by Gasteiger charge is -2.24. The van der Waals surface area contributed by atoms with E-state index in [0.717, 1.165) is 36.7 Å². The van der Waals surface area contributed by atoms with Crippen LogP contribution < -0.4 is 15.8 Å². The van der Waals surface area contributed by atoms with Gasteiger partial charge in [0.2, 0.25) is 16.0 Å². The summed E-state index contributed by atoms with van der Waals surface area (Å²) in [4.78, 5) is 11.2. The van der Waals surface area contributed by atoms with Gasteiger partial charge in [0.05, 0.1) is 10.6 Å². The van der Waals surface area contributed by atoms with Crippen molar-refractivity contribution in [3.05, 3.63) is 60.4 Å². The third-order valence-electron chi connectivity index (χ3n) is 6.18. The molecule has 12 heteroatoms. The molecule has 0 spiro atoms. The first kappa shape index (κ1) is 24.2. The van der Waals surface area contributed by atoms with Gasteiger partial charge in [0.15, 0.2) is 0 Å². The minimum atomic E-state index is -4.63. The standard InChI is InChI=1S/C24H23F3N6O2S/c25-24(26,27)20-13-31-23(32-16-2-1-9-29-11-16)33-22(20)19-12-30-21-10-15(5-8-18(19)21)14-3-6-17(7-4-14)36(28,34)35/h3-8,10,12-13,16,29-30H,1-2,9,11H2,(H2,28,34,35)(H,31,32,33)/t16-/m0/s1. The molecule has 2 aromatic carbocycles. The van der Waals surface area contributed by atoms with Gasteiger partial charge >= 0.3 is 6.18 Å². The number of hydrogen-bond donors (Lipinski definition) is 4. The fraction of sp³-hybridized carbons (Fsp3) is 0.250. The van der Waals surface area contributed by atoms with Crippen molar-refractivity contribution >= 4 is 26.9 Å². The largest absolute Gasteiger partial charge is 0.419 e. The first-order valence-electron chi connectivity index (χ1n) is 11.3. The van der Waals surface area contributed by atoms with Crippen molar-refractivity contribution in [2.45, 2.75) is 30.0 Å². The minimum Gasteiger partial charge on any atom is -0.360 e. The summed E-state index contributed by atoms with van der Waals surface area (Å²) in [5, 5.41) is 12.1. The van der Waals surface area contributed by atoms with Crippen molar-refractivity contribution in [1.82, 2.24) is 20.3 Å². The predicted molar refractivity (Wildman–Crippen MR) is 131 cm³/mol. The highest BCUT2D eigenvalue weighted by atomic mass is 32.2. The lowest BCUT2D eigenvalue weighted by atomic mass is 10.0. The van der Waals surface area contributed by atoms with Gasteiger partial charge in [0, 0.05) is 41.4 Å². The van der Waals surface area contributed by atoms with E-state index in [0.29, 0.717) is 23.0 Å². The van der Waals surface area contributed by atoms with Gasteiger partial charge in [0.1, 0.15) is 5.56 Å². The Morgan fingerprint density at radius 1 is 1.08 bits per heavy atom. The molecule has 0 unspecified atom stereocenters. The van der Waals surface area contributed by atoms with E-state index >= 15 is 0 Å². The Morgan fingerprint density at radius 2 is 1.83 bits per heavy atom. The number of sulfonamides is 1. The molecule has 4 aromatic rings. The van der Waals surface area contributed by atoms with Crippen LogP contribution in [0.5, 0.6) is 0 Å². The summed E-state index contributed by atoms with van der Waals surface area (Å²) in [7, 11) is -3.81. The Kier molecular flexibility index (Phi) is 6.18. The molecule has 0 radical (unpaired) electrons.